The lowest BCUT2D eigenvalue weighted by Crippen LogP contribution is -2.18. The molecule has 1 N–H and O–H groups in total. The summed E-state index contributed by atoms with van der Waals surface area (Å²) in [5.41, 5.74) is 0.885. The molecule has 0 radical (unpaired) electrons. The third kappa shape index (κ3) is 1.68. The number of hydrogen-bond acceptors (Lipinski definition) is 1. The quantitative estimate of drug-likeness (QED) is 0.699. The van der Waals surface area contributed by atoms with Gasteiger partial charge in [-0.1, -0.05) is 19.9 Å². The number of rotatable bonds is 0. The molecule has 1 aromatic rings. The van der Waals surface area contributed by atoms with Gasteiger partial charge in [0.1, 0.15) is 0 Å². The monoisotopic (exact) mass is 215 g/mol. The highest BCUT2D eigenvalue weighted by Gasteiger charge is 2.35. The summed E-state index contributed by atoms with van der Waals surface area (Å²) >= 11 is 0. The van der Waals surface area contributed by atoms with Crippen molar-refractivity contribution in [1.82, 2.24) is 0 Å². The topological polar surface area (TPSA) is 12.0 Å². The van der Waals surface area contributed by atoms with Crippen LogP contribution < -0.4 is 5.32 Å². The minimum absolute atomic E-state index is 0.0839. The summed E-state index contributed by atoms with van der Waals surface area (Å²) < 4.78 is 37.3. The normalized spacial score (nSPS) is 18.5. The number of benzene rings is 1. The molecule has 4 heteroatoms. The van der Waals surface area contributed by atoms with E-state index in [1.807, 2.05) is 13.8 Å². The molecule has 0 aliphatic carbocycles. The minimum atomic E-state index is -4.26. The van der Waals surface area contributed by atoms with Crippen LogP contribution in [0.5, 0.6) is 0 Å². The summed E-state index contributed by atoms with van der Waals surface area (Å²) in [4.78, 5) is 0. The average molecular weight is 215 g/mol. The van der Waals surface area contributed by atoms with Gasteiger partial charge in [-0.25, -0.2) is 0 Å². The lowest BCUT2D eigenvalue weighted by molar-refractivity contribution is -0.137. The van der Waals surface area contributed by atoms with Crippen LogP contribution in [0.2, 0.25) is 0 Å². The number of nitrogens with one attached hydrogen (secondary N) is 1. The smallest absolute Gasteiger partial charge is 0.384 e. The van der Waals surface area contributed by atoms with Crippen molar-refractivity contribution in [3.05, 3.63) is 29.3 Å². The van der Waals surface area contributed by atoms with Crippen LogP contribution in [0.25, 0.3) is 0 Å². The van der Waals surface area contributed by atoms with E-state index in [9.17, 15) is 13.2 Å². The second-order valence-corrected chi connectivity index (χ2v) is 4.50. The number of anilines is 1. The number of hydrogen-bond donors (Lipinski definition) is 1. The lowest BCUT2D eigenvalue weighted by Gasteiger charge is -2.17. The largest absolute Gasteiger partial charge is 0.416 e. The van der Waals surface area contributed by atoms with Gasteiger partial charge in [0, 0.05) is 17.6 Å². The standard InChI is InChI=1S/C11H12F3N/c1-10(2)6-15-9-5-7(11(12,13)14)3-4-8(9)10/h3-5,15H,6H2,1-2H3. The third-order valence-electron chi connectivity index (χ3n) is 2.80. The Hall–Kier alpha value is -1.19. The van der Waals surface area contributed by atoms with Crippen molar-refractivity contribution in [1.29, 1.82) is 0 Å². The van der Waals surface area contributed by atoms with Crippen molar-refractivity contribution >= 4 is 5.69 Å². The van der Waals surface area contributed by atoms with Gasteiger partial charge in [0.2, 0.25) is 0 Å². The molecule has 0 spiro atoms. The molecule has 0 saturated heterocycles. The van der Waals surface area contributed by atoms with Crippen LogP contribution in [0.3, 0.4) is 0 Å². The molecule has 1 aliphatic heterocycles. The predicted molar refractivity (Wildman–Crippen MR) is 53.0 cm³/mol. The van der Waals surface area contributed by atoms with E-state index in [2.05, 4.69) is 5.32 Å². The van der Waals surface area contributed by atoms with Gasteiger partial charge in [0.05, 0.1) is 5.56 Å². The molecule has 0 fully saturated rings. The zero-order valence-corrected chi connectivity index (χ0v) is 8.57. The molecule has 0 aromatic heterocycles. The molecule has 1 aromatic carbocycles. The van der Waals surface area contributed by atoms with Crippen molar-refractivity contribution in [3.63, 3.8) is 0 Å². The van der Waals surface area contributed by atoms with Gasteiger partial charge < -0.3 is 5.32 Å². The Labute approximate surface area is 86.3 Å². The maximum atomic E-state index is 12.4. The van der Waals surface area contributed by atoms with Crippen molar-refractivity contribution in [2.24, 2.45) is 0 Å². The number of halogens is 3. The second kappa shape index (κ2) is 2.90. The van der Waals surface area contributed by atoms with Crippen LogP contribution in [0.1, 0.15) is 25.0 Å². The van der Waals surface area contributed by atoms with Gasteiger partial charge in [0.25, 0.3) is 0 Å². The molecule has 15 heavy (non-hydrogen) atoms. The number of fused-ring (bicyclic) bond motifs is 1. The zero-order chi connectivity index (χ0) is 11.3. The molecule has 82 valence electrons. The summed E-state index contributed by atoms with van der Waals surface area (Å²) in [5.74, 6) is 0. The van der Waals surface area contributed by atoms with E-state index >= 15 is 0 Å². The van der Waals surface area contributed by atoms with E-state index in [4.69, 9.17) is 0 Å². The van der Waals surface area contributed by atoms with Crippen molar-refractivity contribution in [2.45, 2.75) is 25.4 Å². The third-order valence-corrected chi connectivity index (χ3v) is 2.80. The Morgan fingerprint density at radius 3 is 2.53 bits per heavy atom. The molecule has 2 rings (SSSR count). The molecule has 0 amide bonds. The molecule has 1 aliphatic rings. The van der Waals surface area contributed by atoms with Crippen LogP contribution in [0.4, 0.5) is 18.9 Å². The summed E-state index contributed by atoms with van der Waals surface area (Å²) in [6.07, 6.45) is -4.26. The maximum absolute atomic E-state index is 12.4. The van der Waals surface area contributed by atoms with Crippen LogP contribution in [-0.4, -0.2) is 6.54 Å². The highest BCUT2D eigenvalue weighted by atomic mass is 19.4. The summed E-state index contributed by atoms with van der Waals surface area (Å²) in [6, 6.07) is 3.90. The molecule has 0 saturated carbocycles. The first-order chi connectivity index (χ1) is 6.81. The molecule has 1 nitrogen and oxygen atoms in total. The van der Waals surface area contributed by atoms with Crippen LogP contribution in [-0.2, 0) is 11.6 Å². The van der Waals surface area contributed by atoms with Crippen molar-refractivity contribution in [2.75, 3.05) is 11.9 Å². The SMILES string of the molecule is CC1(C)CNc2cc(C(F)(F)F)ccc21. The fraction of sp³-hybridized carbons (Fsp3) is 0.455. The Morgan fingerprint density at radius 1 is 1.27 bits per heavy atom. The van der Waals surface area contributed by atoms with Crippen LogP contribution in [0.15, 0.2) is 18.2 Å². The van der Waals surface area contributed by atoms with Gasteiger partial charge in [-0.15, -0.1) is 0 Å². The first-order valence-electron chi connectivity index (χ1n) is 4.76. The summed E-state index contributed by atoms with van der Waals surface area (Å²) in [5, 5.41) is 3.00. The molecule has 1 heterocycles. The zero-order valence-electron chi connectivity index (χ0n) is 8.57. The Balaban J connectivity index is 2.47. The van der Waals surface area contributed by atoms with E-state index in [1.165, 1.54) is 6.07 Å². The van der Waals surface area contributed by atoms with Gasteiger partial charge in [-0.05, 0) is 17.7 Å². The second-order valence-electron chi connectivity index (χ2n) is 4.50. The Morgan fingerprint density at radius 2 is 1.93 bits per heavy atom. The fourth-order valence-electron chi connectivity index (χ4n) is 1.87. The summed E-state index contributed by atoms with van der Waals surface area (Å²) in [6.45, 7) is 4.71. The highest BCUT2D eigenvalue weighted by Crippen LogP contribution is 2.39. The lowest BCUT2D eigenvalue weighted by atomic mass is 9.86. The molecule has 0 unspecified atom stereocenters. The Kier molecular flexibility index (Phi) is 2.00. The maximum Gasteiger partial charge on any atom is 0.416 e. The van der Waals surface area contributed by atoms with E-state index in [-0.39, 0.29) is 5.41 Å². The minimum Gasteiger partial charge on any atom is -0.384 e. The fourth-order valence-corrected chi connectivity index (χ4v) is 1.87. The highest BCUT2D eigenvalue weighted by molar-refractivity contribution is 5.61. The number of alkyl halides is 3. The van der Waals surface area contributed by atoms with Crippen molar-refractivity contribution < 1.29 is 13.2 Å². The van der Waals surface area contributed by atoms with Crippen molar-refractivity contribution in [3.8, 4) is 0 Å². The van der Waals surface area contributed by atoms with Gasteiger partial charge in [-0.2, -0.15) is 13.2 Å². The molecule has 0 atom stereocenters. The van der Waals surface area contributed by atoms with E-state index in [0.717, 1.165) is 11.6 Å². The summed E-state index contributed by atoms with van der Waals surface area (Å²) in [7, 11) is 0. The first kappa shape index (κ1) is 10.3. The predicted octanol–water partition coefficient (Wildman–Crippen LogP) is 3.41. The van der Waals surface area contributed by atoms with Gasteiger partial charge >= 0.3 is 6.18 Å². The first-order valence-corrected chi connectivity index (χ1v) is 4.76. The average Bonchev–Trinajstić information content (AvgIpc) is 2.41. The molecular formula is C11H12F3N. The van der Waals surface area contributed by atoms with Crippen LogP contribution >= 0.6 is 0 Å². The molecular weight excluding hydrogens is 203 g/mol. The van der Waals surface area contributed by atoms with E-state index in [1.54, 1.807) is 6.07 Å². The van der Waals surface area contributed by atoms with Gasteiger partial charge in [-0.3, -0.25) is 0 Å². The van der Waals surface area contributed by atoms with E-state index < -0.39 is 11.7 Å². The van der Waals surface area contributed by atoms with Crippen LogP contribution in [0, 0.1) is 0 Å². The van der Waals surface area contributed by atoms with Gasteiger partial charge in [0.15, 0.2) is 0 Å². The molecule has 0 bridgehead atoms. The Bertz CT molecular complexity index is 393. The van der Waals surface area contributed by atoms with E-state index in [0.29, 0.717) is 12.2 Å².